The normalized spacial score (nSPS) is 13.1. The Kier molecular flexibility index (Phi) is 6.01. The predicted octanol–water partition coefficient (Wildman–Crippen LogP) is 3.01. The Morgan fingerprint density at radius 2 is 1.91 bits per heavy atom. The number of carboxylic acid groups (broad SMARTS) is 1. The average molecular weight is 469 g/mol. The zero-order chi connectivity index (χ0) is 23.7. The molecule has 170 valence electrons. The third-order valence-electron chi connectivity index (χ3n) is 5.57. The molecule has 0 aliphatic carbocycles. The second kappa shape index (κ2) is 8.91. The lowest BCUT2D eigenvalue weighted by atomic mass is 10.0. The molecule has 0 spiro atoms. The first-order chi connectivity index (χ1) is 15.7. The third kappa shape index (κ3) is 4.51. The molecule has 0 radical (unpaired) electrons. The van der Waals surface area contributed by atoms with Crippen LogP contribution in [0.5, 0.6) is 0 Å². The predicted molar refractivity (Wildman–Crippen MR) is 124 cm³/mol. The summed E-state index contributed by atoms with van der Waals surface area (Å²) >= 11 is 5.97. The molecule has 0 saturated carbocycles. The maximum Gasteiger partial charge on any atom is 0.355 e. The van der Waals surface area contributed by atoms with Crippen molar-refractivity contribution in [2.45, 2.75) is 26.4 Å². The molecule has 0 aliphatic heterocycles. The van der Waals surface area contributed by atoms with Gasteiger partial charge in [-0.3, -0.25) is 14.5 Å². The van der Waals surface area contributed by atoms with E-state index in [4.69, 9.17) is 11.6 Å². The second-order valence-electron chi connectivity index (χ2n) is 7.75. The van der Waals surface area contributed by atoms with Crippen molar-refractivity contribution in [2.24, 2.45) is 5.92 Å². The highest BCUT2D eigenvalue weighted by molar-refractivity contribution is 6.30. The van der Waals surface area contributed by atoms with Gasteiger partial charge in [0.25, 0.3) is 0 Å². The number of nitrogens with one attached hydrogen (secondary N) is 2. The third-order valence-corrected chi connectivity index (χ3v) is 5.82. The number of benzene rings is 2. The molecule has 0 saturated heterocycles. The standard InChI is InChI=1S/C22H21ClN6O4/c1-12(19(30)31)13(2)29-21(32)26-20(25-17-7-8-18-15(9-17)10-24-27-18)28(22(29)33)11-14-3-5-16(23)6-4-14/h3-10,12-13H,11H2,1-2H3,(H,24,27)(H,30,31)(H,25,26,32)/t12-,13+/m1/s1. The van der Waals surface area contributed by atoms with Crippen LogP contribution in [-0.4, -0.2) is 35.4 Å². The lowest BCUT2D eigenvalue weighted by molar-refractivity contribution is -0.142. The summed E-state index contributed by atoms with van der Waals surface area (Å²) in [4.78, 5) is 41.8. The number of aliphatic carboxylic acids is 1. The number of nitrogens with zero attached hydrogens (tertiary/aromatic N) is 4. The van der Waals surface area contributed by atoms with E-state index < -0.39 is 29.3 Å². The van der Waals surface area contributed by atoms with Gasteiger partial charge >= 0.3 is 17.3 Å². The van der Waals surface area contributed by atoms with Gasteiger partial charge in [-0.05, 0) is 49.7 Å². The number of rotatable bonds is 7. The Morgan fingerprint density at radius 1 is 1.18 bits per heavy atom. The Labute approximate surface area is 192 Å². The lowest BCUT2D eigenvalue weighted by Gasteiger charge is -2.21. The molecule has 33 heavy (non-hydrogen) atoms. The van der Waals surface area contributed by atoms with Gasteiger partial charge in [0.15, 0.2) is 0 Å². The minimum absolute atomic E-state index is 0.0363. The van der Waals surface area contributed by atoms with Crippen LogP contribution >= 0.6 is 11.6 Å². The number of aromatic amines is 1. The van der Waals surface area contributed by atoms with Crippen molar-refractivity contribution in [2.75, 3.05) is 5.32 Å². The SMILES string of the molecule is C[C@@H](C(=O)O)[C@H](C)n1c(=O)nc(Nc2ccc3[nH]ncc3c2)n(Cc2ccc(Cl)cc2)c1=O. The van der Waals surface area contributed by atoms with Gasteiger partial charge in [0.2, 0.25) is 5.95 Å². The molecule has 4 aromatic rings. The fraction of sp³-hybridized carbons (Fsp3) is 0.227. The summed E-state index contributed by atoms with van der Waals surface area (Å²) in [6, 6.07) is 11.4. The summed E-state index contributed by atoms with van der Waals surface area (Å²) in [5.74, 6) is -2.05. The first-order valence-electron chi connectivity index (χ1n) is 10.2. The monoisotopic (exact) mass is 468 g/mol. The number of fused-ring (bicyclic) bond motifs is 1. The van der Waals surface area contributed by atoms with E-state index in [-0.39, 0.29) is 12.5 Å². The molecule has 0 unspecified atom stereocenters. The van der Waals surface area contributed by atoms with Crippen molar-refractivity contribution in [3.05, 3.63) is 80.2 Å². The zero-order valence-corrected chi connectivity index (χ0v) is 18.6. The van der Waals surface area contributed by atoms with Crippen LogP contribution in [0, 0.1) is 5.92 Å². The number of H-pyrrole nitrogens is 1. The van der Waals surface area contributed by atoms with E-state index in [1.54, 1.807) is 42.6 Å². The van der Waals surface area contributed by atoms with E-state index in [1.807, 2.05) is 6.07 Å². The quantitative estimate of drug-likeness (QED) is 0.379. The van der Waals surface area contributed by atoms with Gasteiger partial charge in [-0.2, -0.15) is 10.1 Å². The molecule has 2 heterocycles. The number of anilines is 2. The van der Waals surface area contributed by atoms with E-state index in [2.05, 4.69) is 20.5 Å². The molecule has 2 aromatic carbocycles. The van der Waals surface area contributed by atoms with Crippen molar-refractivity contribution in [1.29, 1.82) is 0 Å². The molecule has 2 aromatic heterocycles. The molecular weight excluding hydrogens is 448 g/mol. The number of aromatic nitrogens is 5. The molecule has 0 aliphatic rings. The van der Waals surface area contributed by atoms with Crippen LogP contribution in [0.4, 0.5) is 11.6 Å². The van der Waals surface area contributed by atoms with Gasteiger partial charge in [-0.1, -0.05) is 23.7 Å². The Hall–Kier alpha value is -3.92. The maximum absolute atomic E-state index is 13.4. The Morgan fingerprint density at radius 3 is 2.61 bits per heavy atom. The van der Waals surface area contributed by atoms with Crippen molar-refractivity contribution >= 4 is 40.1 Å². The number of halogens is 1. The van der Waals surface area contributed by atoms with Gasteiger partial charge < -0.3 is 10.4 Å². The highest BCUT2D eigenvalue weighted by atomic mass is 35.5. The van der Waals surface area contributed by atoms with E-state index in [1.165, 1.54) is 18.4 Å². The molecule has 10 nitrogen and oxygen atoms in total. The van der Waals surface area contributed by atoms with Crippen molar-refractivity contribution in [3.63, 3.8) is 0 Å². The lowest BCUT2D eigenvalue weighted by Crippen LogP contribution is -2.46. The summed E-state index contributed by atoms with van der Waals surface area (Å²) in [5, 5.41) is 20.6. The molecule has 0 bridgehead atoms. The minimum atomic E-state index is -1.12. The summed E-state index contributed by atoms with van der Waals surface area (Å²) < 4.78 is 2.18. The number of carboxylic acids is 1. The largest absolute Gasteiger partial charge is 0.481 e. The van der Waals surface area contributed by atoms with Crippen LogP contribution in [0.2, 0.25) is 5.02 Å². The Balaban J connectivity index is 1.83. The van der Waals surface area contributed by atoms with E-state index in [0.29, 0.717) is 10.7 Å². The molecule has 2 atom stereocenters. The highest BCUT2D eigenvalue weighted by Gasteiger charge is 2.26. The number of hydrogen-bond acceptors (Lipinski definition) is 6. The zero-order valence-electron chi connectivity index (χ0n) is 17.8. The fourth-order valence-corrected chi connectivity index (χ4v) is 3.57. The number of carbonyl (C=O) groups is 1. The minimum Gasteiger partial charge on any atom is -0.481 e. The fourth-order valence-electron chi connectivity index (χ4n) is 3.45. The van der Waals surface area contributed by atoms with Gasteiger partial charge in [0, 0.05) is 16.1 Å². The molecule has 0 fully saturated rings. The second-order valence-corrected chi connectivity index (χ2v) is 8.18. The van der Waals surface area contributed by atoms with E-state index in [9.17, 15) is 19.5 Å². The van der Waals surface area contributed by atoms with Crippen LogP contribution < -0.4 is 16.7 Å². The van der Waals surface area contributed by atoms with Crippen LogP contribution in [0.15, 0.2) is 58.3 Å². The molecule has 4 rings (SSSR count). The van der Waals surface area contributed by atoms with Crippen molar-refractivity contribution in [3.8, 4) is 0 Å². The topological polar surface area (TPSA) is 135 Å². The molecule has 3 N–H and O–H groups in total. The van der Waals surface area contributed by atoms with Crippen LogP contribution in [0.3, 0.4) is 0 Å². The Bertz CT molecular complexity index is 1440. The van der Waals surface area contributed by atoms with Gasteiger partial charge in [-0.15, -0.1) is 0 Å². The first kappa shape index (κ1) is 22.3. The summed E-state index contributed by atoms with van der Waals surface area (Å²) in [6.45, 7) is 3.04. The average Bonchev–Trinajstić information content (AvgIpc) is 3.25. The first-order valence-corrected chi connectivity index (χ1v) is 10.5. The maximum atomic E-state index is 13.4. The summed E-state index contributed by atoms with van der Waals surface area (Å²) in [7, 11) is 0. The number of hydrogen-bond donors (Lipinski definition) is 3. The summed E-state index contributed by atoms with van der Waals surface area (Å²) in [5.41, 5.74) is 0.682. The van der Waals surface area contributed by atoms with Gasteiger partial charge in [0.05, 0.1) is 30.2 Å². The highest BCUT2D eigenvalue weighted by Crippen LogP contribution is 2.21. The van der Waals surface area contributed by atoms with E-state index in [0.717, 1.165) is 21.0 Å². The molecule has 0 amide bonds. The molecule has 11 heteroatoms. The van der Waals surface area contributed by atoms with Gasteiger partial charge in [-0.25, -0.2) is 14.2 Å². The smallest absolute Gasteiger partial charge is 0.355 e. The van der Waals surface area contributed by atoms with Crippen LogP contribution in [-0.2, 0) is 11.3 Å². The van der Waals surface area contributed by atoms with Gasteiger partial charge in [0.1, 0.15) is 0 Å². The van der Waals surface area contributed by atoms with Crippen molar-refractivity contribution in [1.82, 2.24) is 24.3 Å². The van der Waals surface area contributed by atoms with Crippen LogP contribution in [0.25, 0.3) is 10.9 Å². The van der Waals surface area contributed by atoms with Crippen molar-refractivity contribution < 1.29 is 9.90 Å². The van der Waals surface area contributed by atoms with E-state index >= 15 is 0 Å². The molecular formula is C22H21ClN6O4. The summed E-state index contributed by atoms with van der Waals surface area (Å²) in [6.07, 6.45) is 1.65. The van der Waals surface area contributed by atoms with Crippen LogP contribution in [0.1, 0.15) is 25.5 Å².